The molecule has 7 rings (SSSR count). The highest BCUT2D eigenvalue weighted by Crippen LogP contribution is 2.42. The number of nitrogens with zero attached hydrogens (tertiary/aromatic N) is 4. The van der Waals surface area contributed by atoms with Crippen LogP contribution in [0.5, 0.6) is 5.75 Å². The molecule has 3 amide bonds. The first-order valence-electron chi connectivity index (χ1n) is 22.5. The van der Waals surface area contributed by atoms with Gasteiger partial charge in [-0.3, -0.25) is 29.2 Å². The van der Waals surface area contributed by atoms with Gasteiger partial charge >= 0.3 is 5.97 Å². The summed E-state index contributed by atoms with van der Waals surface area (Å²) < 4.78 is 14.2. The number of hydrogen-bond acceptors (Lipinski definition) is 10. The van der Waals surface area contributed by atoms with Crippen molar-refractivity contribution >= 4 is 34.6 Å². The second-order valence-corrected chi connectivity index (χ2v) is 18.9. The molecule has 5 heterocycles. The van der Waals surface area contributed by atoms with E-state index in [0.717, 1.165) is 51.1 Å². The van der Waals surface area contributed by atoms with Gasteiger partial charge < -0.3 is 34.7 Å². The molecule has 0 aliphatic carbocycles. The van der Waals surface area contributed by atoms with Crippen LogP contribution in [0.25, 0.3) is 33.3 Å². The molecule has 0 spiro atoms. The normalized spacial score (nSPS) is 22.7. The van der Waals surface area contributed by atoms with Gasteiger partial charge in [0.1, 0.15) is 23.9 Å². The van der Waals surface area contributed by atoms with E-state index in [0.29, 0.717) is 44.5 Å². The number of ether oxygens (including phenoxy) is 2. The zero-order valence-electron chi connectivity index (χ0n) is 38.3. The first kappa shape index (κ1) is 45.7. The summed E-state index contributed by atoms with van der Waals surface area (Å²) in [5.41, 5.74) is 9.72. The minimum absolute atomic E-state index is 0.0137. The van der Waals surface area contributed by atoms with E-state index in [4.69, 9.17) is 14.5 Å². The number of rotatable bonds is 9. The second kappa shape index (κ2) is 18.8. The number of aryl methyl sites for hydroxylation is 1. The predicted molar refractivity (Wildman–Crippen MR) is 242 cm³/mol. The molecule has 14 nitrogen and oxygen atoms in total. The smallest absolute Gasteiger partial charge is 0.324 e. The summed E-state index contributed by atoms with van der Waals surface area (Å²) in [6.07, 6.45) is 3.10. The summed E-state index contributed by atoms with van der Waals surface area (Å²) >= 11 is 0. The van der Waals surface area contributed by atoms with E-state index in [1.807, 2.05) is 45.9 Å². The van der Waals surface area contributed by atoms with Crippen LogP contribution >= 0.6 is 0 Å². The van der Waals surface area contributed by atoms with Gasteiger partial charge in [0.25, 0.3) is 5.91 Å². The lowest BCUT2D eigenvalue weighted by Gasteiger charge is -2.37. The molecule has 0 saturated carbocycles. The molecule has 4 aromatic rings. The van der Waals surface area contributed by atoms with Crippen LogP contribution in [0.3, 0.4) is 0 Å². The number of benzene rings is 2. The van der Waals surface area contributed by atoms with Gasteiger partial charge in [0.2, 0.25) is 11.8 Å². The number of likely N-dealkylation sites (N-methyl/N-ethyl adjacent to an activating group) is 1. The number of carbonyl (C=O) groups is 4. The van der Waals surface area contributed by atoms with Crippen LogP contribution in [0.1, 0.15) is 84.2 Å². The number of fused-ring (bicyclic) bond motifs is 6. The SMILES string of the molecule is CCn1c(-c2cccnc2[C@H](C)OC)c2c3cc(ccc31)-c1cc(O)cc(c1)C[C@H](NC(=O)C(C(C)C)N(C)C(=O)[C@H]1CNC[C@H]1C)C(=O)N1CCC[C@H](N1)C(=O)OCC(C)(C)C2. The number of nitrogens with one attached hydrogen (secondary N) is 3. The maximum atomic E-state index is 14.7. The Labute approximate surface area is 371 Å². The van der Waals surface area contributed by atoms with Crippen LogP contribution in [0, 0.1) is 23.2 Å². The lowest BCUT2D eigenvalue weighted by molar-refractivity contribution is -0.155. The lowest BCUT2D eigenvalue weighted by Crippen LogP contribution is -2.62. The van der Waals surface area contributed by atoms with Crippen LogP contribution in [0.4, 0.5) is 0 Å². The summed E-state index contributed by atoms with van der Waals surface area (Å²) in [5, 5.41) is 20.0. The van der Waals surface area contributed by atoms with E-state index in [2.05, 4.69) is 59.6 Å². The Morgan fingerprint density at radius 1 is 1.10 bits per heavy atom. The molecule has 63 heavy (non-hydrogen) atoms. The van der Waals surface area contributed by atoms with Gasteiger partial charge in [-0.05, 0) is 110 Å². The molecule has 2 saturated heterocycles. The predicted octanol–water partition coefficient (Wildman–Crippen LogP) is 5.79. The molecule has 0 radical (unpaired) electrons. The van der Waals surface area contributed by atoms with Crippen molar-refractivity contribution in [2.45, 2.75) is 105 Å². The number of aromatic hydroxyl groups is 1. The average Bonchev–Trinajstić information content (AvgIpc) is 3.83. The number of amides is 3. The summed E-state index contributed by atoms with van der Waals surface area (Å²) in [6, 6.07) is 12.8. The van der Waals surface area contributed by atoms with Crippen molar-refractivity contribution in [1.29, 1.82) is 0 Å². The van der Waals surface area contributed by atoms with Gasteiger partial charge in [-0.2, -0.15) is 0 Å². The van der Waals surface area contributed by atoms with Crippen molar-refractivity contribution in [3.63, 3.8) is 0 Å². The van der Waals surface area contributed by atoms with Crippen LogP contribution in [-0.2, 0) is 48.0 Å². The monoisotopic (exact) mass is 863 g/mol. The Balaban J connectivity index is 1.34. The zero-order valence-corrected chi connectivity index (χ0v) is 38.3. The van der Waals surface area contributed by atoms with E-state index < -0.39 is 41.3 Å². The fourth-order valence-electron chi connectivity index (χ4n) is 9.79. The molecule has 4 N–H and O–H groups in total. The van der Waals surface area contributed by atoms with E-state index in [9.17, 15) is 24.3 Å². The average molecular weight is 864 g/mol. The van der Waals surface area contributed by atoms with Crippen molar-refractivity contribution in [3.05, 3.63) is 71.5 Å². The number of cyclic esters (lactones) is 1. The van der Waals surface area contributed by atoms with Gasteiger partial charge in [-0.15, -0.1) is 0 Å². The standard InChI is InChI=1S/C49H65N7O7/c1-10-55-41-16-15-32-23-36(41)37(44(55)35-13-11-17-51-42(35)30(5)62-9)24-49(6,7)27-63-48(61)39-14-12-18-56(53-39)47(60)40(21-31-19-33(32)22-34(57)20-31)52-45(58)43(28(2)3)54(8)46(59)38-26-50-25-29(38)4/h11,13,15-17,19-20,22-23,28-30,38-40,43,50,53,57H,10,12,14,18,21,24-27H2,1-9H3,(H,52,58)/t29-,30+,38+,39+,40+,43?/m1/s1. The van der Waals surface area contributed by atoms with Crippen LogP contribution in [0.2, 0.25) is 0 Å². The maximum absolute atomic E-state index is 14.7. The van der Waals surface area contributed by atoms with Gasteiger partial charge in [0.15, 0.2) is 0 Å². The topological polar surface area (TPSA) is 167 Å². The number of carbonyl (C=O) groups excluding carboxylic acids is 4. The number of esters is 1. The summed E-state index contributed by atoms with van der Waals surface area (Å²) in [7, 11) is 3.34. The summed E-state index contributed by atoms with van der Waals surface area (Å²) in [6.45, 7) is 16.5. The van der Waals surface area contributed by atoms with E-state index in [1.165, 1.54) is 9.91 Å². The highest BCUT2D eigenvalue weighted by Gasteiger charge is 2.40. The molecule has 2 aromatic heterocycles. The first-order valence-corrected chi connectivity index (χ1v) is 22.5. The minimum atomic E-state index is -1.11. The van der Waals surface area contributed by atoms with Crippen molar-refractivity contribution in [2.75, 3.05) is 40.4 Å². The van der Waals surface area contributed by atoms with Crippen molar-refractivity contribution in [1.82, 2.24) is 35.5 Å². The molecule has 3 aliphatic heterocycles. The highest BCUT2D eigenvalue weighted by atomic mass is 16.5. The third-order valence-electron chi connectivity index (χ3n) is 13.2. The molecule has 1 unspecified atom stereocenters. The first-order chi connectivity index (χ1) is 30.0. The van der Waals surface area contributed by atoms with Crippen molar-refractivity contribution < 1.29 is 33.8 Å². The van der Waals surface area contributed by atoms with E-state index >= 15 is 0 Å². The Kier molecular flexibility index (Phi) is 13.6. The quantitative estimate of drug-likeness (QED) is 0.151. The number of pyridine rings is 1. The Morgan fingerprint density at radius 2 is 1.87 bits per heavy atom. The summed E-state index contributed by atoms with van der Waals surface area (Å²) in [4.78, 5) is 63.1. The van der Waals surface area contributed by atoms with Gasteiger partial charge in [-0.25, -0.2) is 5.43 Å². The largest absolute Gasteiger partial charge is 0.508 e. The third-order valence-corrected chi connectivity index (χ3v) is 13.2. The van der Waals surface area contributed by atoms with Gasteiger partial charge in [0, 0.05) is 68.3 Å². The lowest BCUT2D eigenvalue weighted by atomic mass is 9.84. The molecular weight excluding hydrogens is 799 g/mol. The Morgan fingerprint density at radius 3 is 2.57 bits per heavy atom. The number of phenolic OH excluding ortho intramolecular Hbond substituents is 1. The van der Waals surface area contributed by atoms with Gasteiger partial charge in [0.05, 0.1) is 30.0 Å². The van der Waals surface area contributed by atoms with Crippen molar-refractivity contribution in [3.8, 4) is 28.1 Å². The number of phenols is 1. The molecular formula is C49H65N7O7. The van der Waals surface area contributed by atoms with Crippen LogP contribution in [0.15, 0.2) is 54.7 Å². The Bertz CT molecular complexity index is 2360. The Hall–Kier alpha value is -5.31. The zero-order chi connectivity index (χ0) is 45.3. The fraction of sp³-hybridized carbons (Fsp3) is 0.531. The highest BCUT2D eigenvalue weighted by molar-refractivity contribution is 5.96. The van der Waals surface area contributed by atoms with Crippen LogP contribution < -0.4 is 16.1 Å². The maximum Gasteiger partial charge on any atom is 0.324 e. The van der Waals surface area contributed by atoms with Gasteiger partial charge in [-0.1, -0.05) is 46.8 Å². The molecule has 14 heteroatoms. The number of hydrazine groups is 1. The molecule has 2 aromatic carbocycles. The molecule has 3 aliphatic rings. The van der Waals surface area contributed by atoms with Crippen molar-refractivity contribution in [2.24, 2.45) is 23.2 Å². The summed E-state index contributed by atoms with van der Waals surface area (Å²) in [5.74, 6) is -1.87. The molecule has 338 valence electrons. The fourth-order valence-corrected chi connectivity index (χ4v) is 9.79. The number of hydrogen-bond donors (Lipinski definition) is 4. The van der Waals surface area contributed by atoms with Crippen LogP contribution in [-0.4, -0.2) is 107 Å². The van der Waals surface area contributed by atoms with E-state index in [1.54, 1.807) is 32.5 Å². The second-order valence-electron chi connectivity index (χ2n) is 18.9. The third kappa shape index (κ3) is 9.49. The number of aromatic nitrogens is 2. The molecule has 6 atom stereocenters. The minimum Gasteiger partial charge on any atom is -0.508 e. The molecule has 6 bridgehead atoms. The number of methoxy groups -OCH3 is 1. The van der Waals surface area contributed by atoms with E-state index in [-0.39, 0.29) is 48.5 Å². The molecule has 2 fully saturated rings.